The molecule has 0 saturated carbocycles. The first-order chi connectivity index (χ1) is 13.4. The van der Waals surface area contributed by atoms with E-state index in [0.29, 0.717) is 31.5 Å². The fraction of sp³-hybridized carbons (Fsp3) is 0.100. The van der Waals surface area contributed by atoms with Crippen LogP contribution in [0.1, 0.15) is 24.1 Å². The highest BCUT2D eigenvalue weighted by Crippen LogP contribution is 2.48. The summed E-state index contributed by atoms with van der Waals surface area (Å²) in [6.45, 7) is 1.67. The predicted octanol–water partition coefficient (Wildman–Crippen LogP) is 5.13. The van der Waals surface area contributed by atoms with Crippen molar-refractivity contribution in [1.29, 1.82) is 0 Å². The zero-order valence-corrected chi connectivity index (χ0v) is 17.5. The highest BCUT2D eigenvalue weighted by Gasteiger charge is 2.37. The Morgan fingerprint density at radius 3 is 2.36 bits per heavy atom. The van der Waals surface area contributed by atoms with Crippen molar-refractivity contribution in [1.82, 2.24) is 4.90 Å². The minimum atomic E-state index is -1.26. The molecule has 0 N–H and O–H groups in total. The molecule has 2 aliphatic heterocycles. The summed E-state index contributed by atoms with van der Waals surface area (Å²) < 4.78 is 0. The predicted molar refractivity (Wildman–Crippen MR) is 113 cm³/mol. The zero-order valence-electron chi connectivity index (χ0n) is 14.4. The van der Waals surface area contributed by atoms with Crippen LogP contribution in [-0.4, -0.2) is 16.0 Å². The number of carbonyl (C=O) groups is 1. The summed E-state index contributed by atoms with van der Waals surface area (Å²) in [5, 5.41) is 14.1. The Balaban J connectivity index is 1.86. The Morgan fingerprint density at radius 2 is 1.75 bits per heavy atom. The van der Waals surface area contributed by atoms with Crippen LogP contribution in [0.2, 0.25) is 15.1 Å². The number of hydrogen-bond acceptors (Lipinski definition) is 5. The van der Waals surface area contributed by atoms with E-state index in [1.54, 1.807) is 54.3 Å². The van der Waals surface area contributed by atoms with Crippen molar-refractivity contribution in [2.45, 2.75) is 13.0 Å². The summed E-state index contributed by atoms with van der Waals surface area (Å²) in [7, 11) is 0. The van der Waals surface area contributed by atoms with Gasteiger partial charge in [0.15, 0.2) is 5.17 Å². The van der Waals surface area contributed by atoms with Crippen LogP contribution >= 0.6 is 46.6 Å². The van der Waals surface area contributed by atoms with Gasteiger partial charge in [-0.25, -0.2) is 4.99 Å². The van der Waals surface area contributed by atoms with Gasteiger partial charge in [0, 0.05) is 33.0 Å². The molecule has 2 aromatic rings. The van der Waals surface area contributed by atoms with Crippen LogP contribution in [0.5, 0.6) is 0 Å². The second-order valence-corrected chi connectivity index (χ2v) is 8.49. The van der Waals surface area contributed by atoms with E-state index in [-0.39, 0.29) is 5.57 Å². The van der Waals surface area contributed by atoms with Crippen LogP contribution in [-0.2, 0) is 4.79 Å². The third-order valence-corrected chi connectivity index (χ3v) is 6.39. The fourth-order valence-corrected chi connectivity index (χ4v) is 5.22. The summed E-state index contributed by atoms with van der Waals surface area (Å²) >= 11 is 20.1. The zero-order chi connectivity index (χ0) is 20.0. The standard InChI is InChI=1S/C20H13Cl3N2O2S/c1-10-16(19(26)27)18(11-5-7-12(21)8-6-11)25-9-15(28-20(25)24-10)17-13(22)3-2-4-14(17)23/h2-9,18H,1H3,(H,26,27)/p-1. The van der Waals surface area contributed by atoms with Crippen molar-refractivity contribution in [3.05, 3.63) is 86.1 Å². The van der Waals surface area contributed by atoms with Gasteiger partial charge in [0.1, 0.15) is 0 Å². The van der Waals surface area contributed by atoms with Gasteiger partial charge in [-0.3, -0.25) is 0 Å². The van der Waals surface area contributed by atoms with Crippen LogP contribution in [0.4, 0.5) is 0 Å². The van der Waals surface area contributed by atoms with Crippen molar-refractivity contribution in [2.24, 2.45) is 4.99 Å². The molecule has 0 spiro atoms. The topological polar surface area (TPSA) is 55.7 Å². The van der Waals surface area contributed by atoms with E-state index in [9.17, 15) is 9.90 Å². The number of benzene rings is 2. The fourth-order valence-electron chi connectivity index (χ4n) is 3.25. The van der Waals surface area contributed by atoms with Gasteiger partial charge in [-0.2, -0.15) is 0 Å². The van der Waals surface area contributed by atoms with Crippen LogP contribution in [0.15, 0.2) is 64.9 Å². The van der Waals surface area contributed by atoms with Crippen LogP contribution in [0.25, 0.3) is 4.91 Å². The molecule has 142 valence electrons. The van der Waals surface area contributed by atoms with Crippen LogP contribution in [0, 0.1) is 0 Å². The quantitative estimate of drug-likeness (QED) is 0.650. The van der Waals surface area contributed by atoms with Gasteiger partial charge in [-0.15, -0.1) is 0 Å². The number of carboxylic acids is 1. The monoisotopic (exact) mass is 449 g/mol. The summed E-state index contributed by atoms with van der Waals surface area (Å²) in [5.41, 5.74) is 1.96. The van der Waals surface area contributed by atoms with Crippen molar-refractivity contribution in [3.63, 3.8) is 0 Å². The normalized spacial score (nSPS) is 18.7. The number of carboxylic acid groups (broad SMARTS) is 1. The van der Waals surface area contributed by atoms with Gasteiger partial charge >= 0.3 is 0 Å². The van der Waals surface area contributed by atoms with Crippen LogP contribution < -0.4 is 5.11 Å². The number of amidine groups is 1. The van der Waals surface area contributed by atoms with E-state index in [1.807, 2.05) is 6.20 Å². The van der Waals surface area contributed by atoms with Crippen molar-refractivity contribution >= 4 is 62.6 Å². The third kappa shape index (κ3) is 3.33. The Bertz CT molecular complexity index is 1060. The molecular formula is C20H12Cl3N2O2S-. The first kappa shape index (κ1) is 19.4. The number of halogens is 3. The molecule has 0 fully saturated rings. The molecule has 0 radical (unpaired) electrons. The molecule has 0 aliphatic carbocycles. The highest BCUT2D eigenvalue weighted by atomic mass is 35.5. The SMILES string of the molecule is CC1=C(C(=O)[O-])C(c2ccc(Cl)cc2)N2C=C(c3c(Cl)cccc3Cl)SC2=N1. The number of thioether (sulfide) groups is 1. The number of nitrogens with zero attached hydrogens (tertiary/aromatic N) is 2. The van der Waals surface area contributed by atoms with E-state index < -0.39 is 12.0 Å². The van der Waals surface area contributed by atoms with Gasteiger partial charge in [-0.1, -0.05) is 53.0 Å². The Morgan fingerprint density at radius 1 is 1.11 bits per heavy atom. The lowest BCUT2D eigenvalue weighted by atomic mass is 9.95. The largest absolute Gasteiger partial charge is 0.545 e. The van der Waals surface area contributed by atoms with E-state index in [2.05, 4.69) is 4.99 Å². The minimum Gasteiger partial charge on any atom is -0.545 e. The molecule has 2 aliphatic rings. The third-order valence-electron chi connectivity index (χ3n) is 4.50. The lowest BCUT2D eigenvalue weighted by Gasteiger charge is -2.34. The van der Waals surface area contributed by atoms with Gasteiger partial charge < -0.3 is 14.8 Å². The van der Waals surface area contributed by atoms with E-state index >= 15 is 0 Å². The molecule has 2 aromatic carbocycles. The second-order valence-electron chi connectivity index (χ2n) is 6.23. The molecule has 1 unspecified atom stereocenters. The Labute approximate surface area is 181 Å². The van der Waals surface area contributed by atoms with E-state index in [0.717, 1.165) is 10.5 Å². The molecule has 0 aromatic heterocycles. The summed E-state index contributed by atoms with van der Waals surface area (Å²) in [4.78, 5) is 19.0. The molecule has 1 atom stereocenters. The number of aliphatic imine (C=N–C) groups is 1. The number of fused-ring (bicyclic) bond motifs is 1. The number of hydrogen-bond donors (Lipinski definition) is 0. The van der Waals surface area contributed by atoms with Crippen LogP contribution in [0.3, 0.4) is 0 Å². The molecule has 8 heteroatoms. The average Bonchev–Trinajstić information content (AvgIpc) is 3.04. The lowest BCUT2D eigenvalue weighted by Crippen LogP contribution is -2.38. The number of allylic oxidation sites excluding steroid dienone is 1. The minimum absolute atomic E-state index is 0.106. The number of rotatable bonds is 3. The smallest absolute Gasteiger partial charge is 0.173 e. The maximum Gasteiger partial charge on any atom is 0.173 e. The maximum absolute atomic E-state index is 11.9. The number of carbonyl (C=O) groups excluding carboxylic acids is 1. The second kappa shape index (κ2) is 7.48. The Kier molecular flexibility index (Phi) is 5.19. The van der Waals surface area contributed by atoms with E-state index in [1.165, 1.54) is 11.8 Å². The molecule has 28 heavy (non-hydrogen) atoms. The summed E-state index contributed by atoms with van der Waals surface area (Å²) in [6, 6.07) is 11.7. The van der Waals surface area contributed by atoms with Crippen molar-refractivity contribution < 1.29 is 9.90 Å². The summed E-state index contributed by atoms with van der Waals surface area (Å²) in [5.74, 6) is -1.26. The average molecular weight is 451 g/mol. The first-order valence-corrected chi connectivity index (χ1v) is 10.2. The van der Waals surface area contributed by atoms with Crippen molar-refractivity contribution in [2.75, 3.05) is 0 Å². The maximum atomic E-state index is 11.9. The van der Waals surface area contributed by atoms with Gasteiger partial charge in [0.25, 0.3) is 0 Å². The molecule has 4 nitrogen and oxygen atoms in total. The summed E-state index contributed by atoms with van der Waals surface area (Å²) in [6.07, 6.45) is 1.82. The molecule has 0 amide bonds. The number of aliphatic carboxylic acids is 1. The first-order valence-electron chi connectivity index (χ1n) is 8.25. The molecule has 4 rings (SSSR count). The lowest BCUT2D eigenvalue weighted by molar-refractivity contribution is -0.300. The molecular weight excluding hydrogens is 439 g/mol. The highest BCUT2D eigenvalue weighted by molar-refractivity contribution is 8.22. The molecule has 2 heterocycles. The Hall–Kier alpha value is -1.92. The van der Waals surface area contributed by atoms with E-state index in [4.69, 9.17) is 34.8 Å². The van der Waals surface area contributed by atoms with Gasteiger partial charge in [0.05, 0.1) is 22.1 Å². The molecule has 0 bridgehead atoms. The van der Waals surface area contributed by atoms with Gasteiger partial charge in [0.2, 0.25) is 0 Å². The van der Waals surface area contributed by atoms with Crippen molar-refractivity contribution in [3.8, 4) is 0 Å². The van der Waals surface area contributed by atoms with Gasteiger partial charge in [-0.05, 0) is 48.5 Å². The molecule has 0 saturated heterocycles.